The summed E-state index contributed by atoms with van der Waals surface area (Å²) in [6.07, 6.45) is 4.79. The molecule has 4 atom stereocenters. The molecule has 3 nitrogen and oxygen atoms in total. The topological polar surface area (TPSA) is 35.5 Å². The second-order valence-corrected chi connectivity index (χ2v) is 13.5. The Morgan fingerprint density at radius 3 is 2.09 bits per heavy atom. The van der Waals surface area contributed by atoms with Crippen molar-refractivity contribution in [1.29, 1.82) is 0 Å². The zero-order valence-electron chi connectivity index (χ0n) is 15.3. The molecule has 0 saturated heterocycles. The molecule has 0 spiro atoms. The van der Waals surface area contributed by atoms with Crippen molar-refractivity contribution in [2.45, 2.75) is 71.5 Å². The van der Waals surface area contributed by atoms with Crippen LogP contribution in [0.25, 0.3) is 0 Å². The maximum Gasteiger partial charge on any atom is 0.309 e. The zero-order valence-corrected chi connectivity index (χ0v) is 16.3. The van der Waals surface area contributed by atoms with E-state index in [1.54, 1.807) is 0 Å². The lowest BCUT2D eigenvalue weighted by molar-refractivity contribution is -0.145. The van der Waals surface area contributed by atoms with Crippen molar-refractivity contribution in [3.63, 3.8) is 0 Å². The molecule has 0 heterocycles. The van der Waals surface area contributed by atoms with Crippen LogP contribution in [0.4, 0.5) is 0 Å². The Bertz CT molecular complexity index is 386. The summed E-state index contributed by atoms with van der Waals surface area (Å²) in [4.78, 5) is 11.9. The third kappa shape index (κ3) is 3.94. The van der Waals surface area contributed by atoms with Crippen molar-refractivity contribution in [1.82, 2.24) is 0 Å². The maximum atomic E-state index is 11.9. The van der Waals surface area contributed by atoms with Gasteiger partial charge in [0.1, 0.15) is 0 Å². The van der Waals surface area contributed by atoms with Gasteiger partial charge in [0.15, 0.2) is 8.32 Å². The van der Waals surface area contributed by atoms with Gasteiger partial charge in [0.2, 0.25) is 0 Å². The minimum atomic E-state index is -1.63. The average Bonchev–Trinajstić information content (AvgIpc) is 3.11. The van der Waals surface area contributed by atoms with Crippen LogP contribution >= 0.6 is 0 Å². The summed E-state index contributed by atoms with van der Waals surface area (Å²) in [5.41, 5.74) is 0. The first-order valence-electron chi connectivity index (χ1n) is 8.98. The summed E-state index contributed by atoms with van der Waals surface area (Å²) in [5, 5.41) is 0.287. The van der Waals surface area contributed by atoms with Gasteiger partial charge in [-0.15, -0.1) is 0 Å². The second kappa shape index (κ2) is 6.64. The molecule has 0 aromatic heterocycles. The Balaban J connectivity index is 1.77. The molecule has 2 aliphatic rings. The summed E-state index contributed by atoms with van der Waals surface area (Å²) >= 11 is 0. The Labute approximate surface area is 137 Å². The smallest absolute Gasteiger partial charge is 0.309 e. The first-order chi connectivity index (χ1) is 10.2. The van der Waals surface area contributed by atoms with Crippen molar-refractivity contribution >= 4 is 14.3 Å². The molecule has 0 N–H and O–H groups in total. The monoisotopic (exact) mass is 326 g/mol. The summed E-state index contributed by atoms with van der Waals surface area (Å²) in [6.45, 7) is 14.9. The van der Waals surface area contributed by atoms with E-state index in [0.717, 1.165) is 6.61 Å². The summed E-state index contributed by atoms with van der Waals surface area (Å²) in [7, 11) is -1.63. The quantitative estimate of drug-likeness (QED) is 0.546. The number of carbonyl (C=O) groups excluding carboxylic acids is 1. The van der Waals surface area contributed by atoms with E-state index in [4.69, 9.17) is 9.16 Å². The lowest BCUT2D eigenvalue weighted by Crippen LogP contribution is -2.42. The van der Waals surface area contributed by atoms with Gasteiger partial charge in [0.05, 0.1) is 12.5 Å². The molecule has 4 heteroatoms. The third-order valence-corrected chi connectivity index (χ3v) is 10.7. The second-order valence-electron chi connectivity index (χ2n) is 8.70. The molecule has 2 fully saturated rings. The van der Waals surface area contributed by atoms with Crippen molar-refractivity contribution in [2.75, 3.05) is 13.2 Å². The highest BCUT2D eigenvalue weighted by Crippen LogP contribution is 2.55. The van der Waals surface area contributed by atoms with E-state index in [1.807, 2.05) is 6.92 Å². The Morgan fingerprint density at radius 1 is 1.09 bits per heavy atom. The molecule has 0 aliphatic heterocycles. The minimum Gasteiger partial charge on any atom is -0.466 e. The third-order valence-electron chi connectivity index (χ3n) is 6.19. The van der Waals surface area contributed by atoms with Crippen molar-refractivity contribution in [2.24, 2.45) is 23.7 Å². The van der Waals surface area contributed by atoms with Crippen LogP contribution in [0.3, 0.4) is 0 Å². The Hall–Kier alpha value is -0.353. The van der Waals surface area contributed by atoms with Crippen LogP contribution in [0.5, 0.6) is 0 Å². The van der Waals surface area contributed by atoms with Gasteiger partial charge >= 0.3 is 5.97 Å². The molecule has 22 heavy (non-hydrogen) atoms. The van der Waals surface area contributed by atoms with Crippen LogP contribution in [0.2, 0.25) is 18.1 Å². The van der Waals surface area contributed by atoms with Crippen LogP contribution in [0.15, 0.2) is 0 Å². The molecule has 2 rings (SSSR count). The lowest BCUT2D eigenvalue weighted by atomic mass is 9.98. The van der Waals surface area contributed by atoms with E-state index < -0.39 is 8.32 Å². The van der Waals surface area contributed by atoms with Gasteiger partial charge in [-0.05, 0) is 68.5 Å². The van der Waals surface area contributed by atoms with Crippen LogP contribution in [0, 0.1) is 23.7 Å². The first-order valence-corrected chi connectivity index (χ1v) is 11.9. The van der Waals surface area contributed by atoms with Gasteiger partial charge in [0, 0.05) is 6.61 Å². The van der Waals surface area contributed by atoms with Gasteiger partial charge in [0.25, 0.3) is 0 Å². The molecule has 0 bridgehead atoms. The van der Waals surface area contributed by atoms with E-state index in [9.17, 15) is 4.79 Å². The molecule has 2 aliphatic carbocycles. The van der Waals surface area contributed by atoms with Crippen molar-refractivity contribution in [3.8, 4) is 0 Å². The fourth-order valence-electron chi connectivity index (χ4n) is 3.53. The molecule has 2 saturated carbocycles. The number of hydrogen-bond acceptors (Lipinski definition) is 3. The highest BCUT2D eigenvalue weighted by Gasteiger charge is 2.55. The van der Waals surface area contributed by atoms with Crippen molar-refractivity contribution < 1.29 is 14.0 Å². The van der Waals surface area contributed by atoms with E-state index in [0.29, 0.717) is 24.4 Å². The fourth-order valence-corrected chi connectivity index (χ4v) is 4.62. The average molecular weight is 327 g/mol. The Kier molecular flexibility index (Phi) is 5.43. The fraction of sp³-hybridized carbons (Fsp3) is 0.944. The highest BCUT2D eigenvalue weighted by molar-refractivity contribution is 6.74. The Morgan fingerprint density at radius 2 is 1.64 bits per heavy atom. The molecule has 2 unspecified atom stereocenters. The first kappa shape index (κ1) is 18.0. The summed E-state index contributed by atoms with van der Waals surface area (Å²) < 4.78 is 11.6. The van der Waals surface area contributed by atoms with Crippen LogP contribution in [-0.4, -0.2) is 27.5 Å². The molecule has 0 aromatic rings. The van der Waals surface area contributed by atoms with Crippen LogP contribution in [0.1, 0.15) is 53.4 Å². The largest absolute Gasteiger partial charge is 0.466 e. The molecular formula is C18H34O3Si. The van der Waals surface area contributed by atoms with Crippen molar-refractivity contribution in [3.05, 3.63) is 0 Å². The number of carbonyl (C=O) groups is 1. The van der Waals surface area contributed by atoms with Crippen LogP contribution < -0.4 is 0 Å². The number of ether oxygens (including phenoxy) is 1. The highest BCUT2D eigenvalue weighted by atomic mass is 28.4. The SMILES string of the molecule is CCOC(=O)C1[C@H]2CCC(CO[Si](C)(C)C(C)(C)C)CC[C@@H]12. The van der Waals surface area contributed by atoms with Gasteiger partial charge in [-0.3, -0.25) is 4.79 Å². The van der Waals surface area contributed by atoms with E-state index >= 15 is 0 Å². The number of fused-ring (bicyclic) bond motifs is 1. The summed E-state index contributed by atoms with van der Waals surface area (Å²) in [6, 6.07) is 0. The van der Waals surface area contributed by atoms with E-state index in [-0.39, 0.29) is 16.9 Å². The lowest BCUT2D eigenvalue weighted by Gasteiger charge is -2.37. The van der Waals surface area contributed by atoms with Gasteiger partial charge < -0.3 is 9.16 Å². The van der Waals surface area contributed by atoms with E-state index in [2.05, 4.69) is 33.9 Å². The van der Waals surface area contributed by atoms with Crippen LogP contribution in [-0.2, 0) is 14.0 Å². The summed E-state index contributed by atoms with van der Waals surface area (Å²) in [5.74, 6) is 2.13. The molecule has 0 amide bonds. The number of rotatable bonds is 5. The number of esters is 1. The van der Waals surface area contributed by atoms with E-state index in [1.165, 1.54) is 25.7 Å². The van der Waals surface area contributed by atoms with Gasteiger partial charge in [-0.25, -0.2) is 0 Å². The predicted octanol–water partition coefficient (Wildman–Crippen LogP) is 4.62. The predicted molar refractivity (Wildman–Crippen MR) is 92.2 cm³/mol. The molecular weight excluding hydrogens is 292 g/mol. The van der Waals surface area contributed by atoms with Gasteiger partial charge in [-0.1, -0.05) is 20.8 Å². The number of hydrogen-bond donors (Lipinski definition) is 0. The normalized spacial score (nSPS) is 32.1. The maximum absolute atomic E-state index is 11.9. The molecule has 0 radical (unpaired) electrons. The molecule has 0 aromatic carbocycles. The zero-order chi connectivity index (χ0) is 16.5. The minimum absolute atomic E-state index is 0.0495. The van der Waals surface area contributed by atoms with Gasteiger partial charge in [-0.2, -0.15) is 0 Å². The molecule has 128 valence electrons. The standard InChI is InChI=1S/C18H34O3Si/c1-7-20-17(19)16-14-10-8-13(9-11-15(14)16)12-21-22(5,6)18(2,3)4/h13-16H,7-12H2,1-6H3/t13?,14-,15+,16?.